The van der Waals surface area contributed by atoms with Gasteiger partial charge in [0.1, 0.15) is 10.8 Å². The van der Waals surface area contributed by atoms with E-state index in [1.54, 1.807) is 49.4 Å². The van der Waals surface area contributed by atoms with Crippen LogP contribution in [-0.4, -0.2) is 33.6 Å². The highest BCUT2D eigenvalue weighted by Crippen LogP contribution is 2.37. The first-order chi connectivity index (χ1) is 14.3. The lowest BCUT2D eigenvalue weighted by Gasteiger charge is -2.25. The Hall–Kier alpha value is -3.07. The Balaban J connectivity index is 0.00000341. The van der Waals surface area contributed by atoms with Crippen molar-refractivity contribution >= 4 is 70.7 Å². The van der Waals surface area contributed by atoms with Gasteiger partial charge in [0.05, 0.1) is 23.4 Å². The number of aromatic nitrogens is 2. The number of hydrogen-bond acceptors (Lipinski definition) is 7. The number of hydrogen-bond donors (Lipinski definition) is 2. The van der Waals surface area contributed by atoms with Gasteiger partial charge < -0.3 is 15.6 Å². The van der Waals surface area contributed by atoms with Crippen LogP contribution in [0.1, 0.15) is 27.6 Å². The molecule has 0 bridgehead atoms. The SMILES string of the molecule is CCOC(=O)c1ccc(N(c2nc(N)c(Cl)c(Cl)n2)c2ccccc2C(=O)O)cc1.Cl. The molecule has 8 nitrogen and oxygen atoms in total. The minimum absolute atomic E-state index is 0. The first-order valence-corrected chi connectivity index (χ1v) is 9.47. The highest BCUT2D eigenvalue weighted by molar-refractivity contribution is 6.42. The number of aromatic carboxylic acids is 1. The molecule has 3 rings (SSSR count). The molecule has 0 saturated heterocycles. The highest BCUT2D eigenvalue weighted by Gasteiger charge is 2.23. The van der Waals surface area contributed by atoms with Crippen molar-refractivity contribution < 1.29 is 19.4 Å². The molecule has 0 aliphatic rings. The summed E-state index contributed by atoms with van der Waals surface area (Å²) in [5, 5.41) is 9.54. The number of halogens is 3. The van der Waals surface area contributed by atoms with E-state index in [1.807, 2.05) is 0 Å². The van der Waals surface area contributed by atoms with E-state index < -0.39 is 11.9 Å². The topological polar surface area (TPSA) is 119 Å². The van der Waals surface area contributed by atoms with Gasteiger partial charge in [-0.1, -0.05) is 35.3 Å². The van der Waals surface area contributed by atoms with Gasteiger partial charge in [-0.25, -0.2) is 9.59 Å². The molecule has 3 N–H and O–H groups in total. The minimum Gasteiger partial charge on any atom is -0.478 e. The van der Waals surface area contributed by atoms with Gasteiger partial charge in [0.15, 0.2) is 5.15 Å². The summed E-state index contributed by atoms with van der Waals surface area (Å²) in [5.74, 6) is -1.67. The number of para-hydroxylation sites is 1. The quantitative estimate of drug-likeness (QED) is 0.366. The molecule has 11 heteroatoms. The van der Waals surface area contributed by atoms with Gasteiger partial charge in [-0.15, -0.1) is 12.4 Å². The third-order valence-corrected chi connectivity index (χ3v) is 4.78. The second-order valence-corrected chi connectivity index (χ2v) is 6.67. The number of ether oxygens (including phenoxy) is 1. The summed E-state index contributed by atoms with van der Waals surface area (Å²) in [6, 6.07) is 12.6. The van der Waals surface area contributed by atoms with Crippen LogP contribution in [0.15, 0.2) is 48.5 Å². The maximum absolute atomic E-state index is 11.9. The maximum atomic E-state index is 11.9. The average Bonchev–Trinajstić information content (AvgIpc) is 2.73. The van der Waals surface area contributed by atoms with Crippen molar-refractivity contribution in [1.82, 2.24) is 9.97 Å². The van der Waals surface area contributed by atoms with Crippen LogP contribution >= 0.6 is 35.6 Å². The number of carbonyl (C=O) groups excluding carboxylic acids is 1. The van der Waals surface area contributed by atoms with Crippen LogP contribution in [-0.2, 0) is 4.74 Å². The smallest absolute Gasteiger partial charge is 0.338 e. The van der Waals surface area contributed by atoms with Crippen molar-refractivity contribution in [2.45, 2.75) is 6.92 Å². The second-order valence-electron chi connectivity index (χ2n) is 5.94. The summed E-state index contributed by atoms with van der Waals surface area (Å²) in [7, 11) is 0. The summed E-state index contributed by atoms with van der Waals surface area (Å²) >= 11 is 12.0. The fourth-order valence-corrected chi connectivity index (χ4v) is 2.95. The minimum atomic E-state index is -1.15. The van der Waals surface area contributed by atoms with Gasteiger partial charge in [0, 0.05) is 5.69 Å². The number of rotatable bonds is 6. The molecule has 0 atom stereocenters. The molecular formula is C20H17Cl3N4O4. The van der Waals surface area contributed by atoms with Crippen molar-refractivity contribution in [1.29, 1.82) is 0 Å². The van der Waals surface area contributed by atoms with Gasteiger partial charge in [-0.05, 0) is 43.3 Å². The third-order valence-electron chi connectivity index (χ3n) is 4.04. The second kappa shape index (κ2) is 10.3. The molecule has 3 aromatic rings. The zero-order valence-corrected chi connectivity index (χ0v) is 18.4. The molecule has 0 unspecified atom stereocenters. The Morgan fingerprint density at radius 2 is 1.74 bits per heavy atom. The van der Waals surface area contributed by atoms with Gasteiger partial charge in [0.25, 0.3) is 0 Å². The Bertz CT molecular complexity index is 1090. The van der Waals surface area contributed by atoms with Gasteiger partial charge >= 0.3 is 11.9 Å². The van der Waals surface area contributed by atoms with Crippen molar-refractivity contribution in [2.75, 3.05) is 17.2 Å². The number of anilines is 4. The lowest BCUT2D eigenvalue weighted by molar-refractivity contribution is 0.0526. The zero-order valence-electron chi connectivity index (χ0n) is 16.1. The Kier molecular flexibility index (Phi) is 8.04. The fraction of sp³-hybridized carbons (Fsp3) is 0.100. The van der Waals surface area contributed by atoms with E-state index in [1.165, 1.54) is 11.0 Å². The average molecular weight is 484 g/mol. The van der Waals surface area contributed by atoms with Crippen LogP contribution in [0.2, 0.25) is 10.2 Å². The molecule has 0 spiro atoms. The van der Waals surface area contributed by atoms with E-state index in [0.29, 0.717) is 11.3 Å². The fourth-order valence-electron chi connectivity index (χ4n) is 2.70. The zero-order chi connectivity index (χ0) is 21.8. The van der Waals surface area contributed by atoms with E-state index >= 15 is 0 Å². The monoisotopic (exact) mass is 482 g/mol. The van der Waals surface area contributed by atoms with Gasteiger partial charge in [0.2, 0.25) is 5.95 Å². The normalized spacial score (nSPS) is 10.2. The first-order valence-electron chi connectivity index (χ1n) is 8.71. The van der Waals surface area contributed by atoms with Crippen molar-refractivity contribution in [2.24, 2.45) is 0 Å². The Labute approximate surface area is 194 Å². The van der Waals surface area contributed by atoms with Gasteiger partial charge in [-0.3, -0.25) is 4.90 Å². The molecule has 0 aliphatic heterocycles. The molecule has 1 heterocycles. The van der Waals surface area contributed by atoms with Crippen LogP contribution < -0.4 is 10.6 Å². The van der Waals surface area contributed by atoms with E-state index in [0.717, 1.165) is 0 Å². The van der Waals surface area contributed by atoms with Crippen LogP contribution in [0, 0.1) is 0 Å². The summed E-state index contributed by atoms with van der Waals surface area (Å²) in [4.78, 5) is 33.5. The third kappa shape index (κ3) is 5.16. The molecule has 0 radical (unpaired) electrons. The van der Waals surface area contributed by atoms with E-state index in [9.17, 15) is 14.7 Å². The molecular weight excluding hydrogens is 467 g/mol. The lowest BCUT2D eigenvalue weighted by atomic mass is 10.1. The van der Waals surface area contributed by atoms with Crippen molar-refractivity contribution in [3.8, 4) is 0 Å². The number of nitrogen functional groups attached to an aromatic ring is 1. The van der Waals surface area contributed by atoms with Crippen molar-refractivity contribution in [3.05, 3.63) is 69.8 Å². The van der Waals surface area contributed by atoms with Crippen molar-refractivity contribution in [3.63, 3.8) is 0 Å². The number of nitrogens with two attached hydrogens (primary N) is 1. The van der Waals surface area contributed by atoms with Crippen LogP contribution in [0.5, 0.6) is 0 Å². The number of esters is 1. The van der Waals surface area contributed by atoms with Crippen LogP contribution in [0.4, 0.5) is 23.1 Å². The highest BCUT2D eigenvalue weighted by atomic mass is 35.5. The summed E-state index contributed by atoms with van der Waals surface area (Å²) in [5.41, 5.74) is 6.91. The van der Waals surface area contributed by atoms with E-state index in [2.05, 4.69) is 9.97 Å². The number of nitrogens with zero attached hydrogens (tertiary/aromatic N) is 3. The molecule has 31 heavy (non-hydrogen) atoms. The number of carboxylic acids is 1. The first kappa shape index (κ1) is 24.2. The molecule has 0 aliphatic carbocycles. The lowest BCUT2D eigenvalue weighted by Crippen LogP contribution is -2.18. The predicted molar refractivity (Wildman–Crippen MR) is 121 cm³/mol. The van der Waals surface area contributed by atoms with E-state index in [-0.39, 0.29) is 52.2 Å². The summed E-state index contributed by atoms with van der Waals surface area (Å²) in [6.45, 7) is 1.96. The number of carbonyl (C=O) groups is 2. The number of carboxylic acid groups (broad SMARTS) is 1. The Morgan fingerprint density at radius 3 is 2.32 bits per heavy atom. The molecule has 2 aromatic carbocycles. The maximum Gasteiger partial charge on any atom is 0.338 e. The summed E-state index contributed by atoms with van der Waals surface area (Å²) in [6.07, 6.45) is 0. The molecule has 0 saturated carbocycles. The van der Waals surface area contributed by atoms with Crippen LogP contribution in [0.25, 0.3) is 0 Å². The standard InChI is InChI=1S/C20H16Cl2N4O4.ClH/c1-2-30-19(29)11-7-9-12(10-8-11)26(14-6-4-3-5-13(14)18(27)28)20-24-16(22)15(21)17(23)25-20;/h3-10H,2H2,1H3,(H,27,28)(H2,23,24,25);1H. The molecule has 1 aromatic heterocycles. The molecule has 162 valence electrons. The van der Waals surface area contributed by atoms with Gasteiger partial charge in [-0.2, -0.15) is 9.97 Å². The number of benzene rings is 2. The Morgan fingerprint density at radius 1 is 1.10 bits per heavy atom. The predicted octanol–water partition coefficient (Wildman–Crippen LogP) is 5.13. The van der Waals surface area contributed by atoms with Crippen LogP contribution in [0.3, 0.4) is 0 Å². The summed E-state index contributed by atoms with van der Waals surface area (Å²) < 4.78 is 4.99. The molecule has 0 amide bonds. The van der Waals surface area contributed by atoms with E-state index in [4.69, 9.17) is 33.7 Å². The molecule has 0 fully saturated rings. The largest absolute Gasteiger partial charge is 0.478 e.